The summed E-state index contributed by atoms with van der Waals surface area (Å²) in [6.45, 7) is 13.3. The Balaban J connectivity index is 4.52. The Morgan fingerprint density at radius 2 is 1.89 bits per heavy atom. The van der Waals surface area contributed by atoms with Crippen molar-refractivity contribution in [1.29, 1.82) is 0 Å². The Labute approximate surface area is 118 Å². The van der Waals surface area contributed by atoms with Gasteiger partial charge in [-0.05, 0) is 43.3 Å². The predicted octanol–water partition coefficient (Wildman–Crippen LogP) is 4.75. The summed E-state index contributed by atoms with van der Waals surface area (Å²) in [6.07, 6.45) is 6.82. The van der Waals surface area contributed by atoms with Crippen molar-refractivity contribution in [2.45, 2.75) is 60.8 Å². The number of hydrogen-bond acceptors (Lipinski definition) is 2. The van der Waals surface area contributed by atoms with Crippen molar-refractivity contribution in [3.63, 3.8) is 0 Å². The molecular formula is C17H30O2. The fraction of sp³-hybridized carbons (Fsp3) is 0.765. The molecule has 0 saturated carbocycles. The first-order valence-electron chi connectivity index (χ1n) is 7.46. The molecule has 0 rings (SSSR count). The maximum absolute atomic E-state index is 11.6. The van der Waals surface area contributed by atoms with Gasteiger partial charge in [-0.15, -0.1) is 5.73 Å². The van der Waals surface area contributed by atoms with Crippen LogP contribution in [-0.2, 0) is 9.53 Å². The van der Waals surface area contributed by atoms with Crippen LogP contribution in [0.5, 0.6) is 0 Å². The SMILES string of the molecule is CCOC(=O)C(C=C=CCC(C)(C)C(C)CC)CC. The van der Waals surface area contributed by atoms with Crippen LogP contribution in [-0.4, -0.2) is 12.6 Å². The van der Waals surface area contributed by atoms with E-state index in [1.165, 1.54) is 6.42 Å². The van der Waals surface area contributed by atoms with Crippen molar-refractivity contribution >= 4 is 5.97 Å². The molecule has 0 heterocycles. The van der Waals surface area contributed by atoms with Crippen LogP contribution in [0.15, 0.2) is 17.9 Å². The average Bonchev–Trinajstić information content (AvgIpc) is 2.37. The zero-order valence-electron chi connectivity index (χ0n) is 13.5. The van der Waals surface area contributed by atoms with Crippen LogP contribution in [0.2, 0.25) is 0 Å². The van der Waals surface area contributed by atoms with Crippen molar-refractivity contribution in [2.75, 3.05) is 6.61 Å². The van der Waals surface area contributed by atoms with E-state index in [1.807, 2.05) is 26.0 Å². The summed E-state index contributed by atoms with van der Waals surface area (Å²) in [5.74, 6) is 0.368. The van der Waals surface area contributed by atoms with Gasteiger partial charge in [0.2, 0.25) is 0 Å². The molecular weight excluding hydrogens is 236 g/mol. The third-order valence-electron chi connectivity index (χ3n) is 4.02. The van der Waals surface area contributed by atoms with Gasteiger partial charge in [0.05, 0.1) is 12.5 Å². The lowest BCUT2D eigenvalue weighted by molar-refractivity contribution is -0.146. The molecule has 0 bridgehead atoms. The highest BCUT2D eigenvalue weighted by Crippen LogP contribution is 2.32. The number of carbonyl (C=O) groups excluding carboxylic acids is 1. The number of esters is 1. The Morgan fingerprint density at radius 1 is 1.26 bits per heavy atom. The van der Waals surface area contributed by atoms with Crippen molar-refractivity contribution in [2.24, 2.45) is 17.3 Å². The molecule has 0 N–H and O–H groups in total. The second-order valence-corrected chi connectivity index (χ2v) is 5.81. The topological polar surface area (TPSA) is 26.3 Å². The molecule has 2 atom stereocenters. The van der Waals surface area contributed by atoms with Crippen LogP contribution in [0.25, 0.3) is 0 Å². The van der Waals surface area contributed by atoms with Crippen LogP contribution in [0.3, 0.4) is 0 Å². The molecule has 0 spiro atoms. The molecule has 0 aliphatic heterocycles. The van der Waals surface area contributed by atoms with Crippen LogP contribution in [0.4, 0.5) is 0 Å². The van der Waals surface area contributed by atoms with Crippen LogP contribution in [0, 0.1) is 17.3 Å². The van der Waals surface area contributed by atoms with Crippen molar-refractivity contribution in [3.05, 3.63) is 17.9 Å². The molecule has 0 aliphatic rings. The summed E-state index contributed by atoms with van der Waals surface area (Å²) < 4.78 is 5.02. The number of ether oxygens (including phenoxy) is 1. The van der Waals surface area contributed by atoms with Crippen molar-refractivity contribution in [1.82, 2.24) is 0 Å². The smallest absolute Gasteiger partial charge is 0.313 e. The van der Waals surface area contributed by atoms with Gasteiger partial charge in [-0.3, -0.25) is 4.79 Å². The van der Waals surface area contributed by atoms with E-state index >= 15 is 0 Å². The van der Waals surface area contributed by atoms with E-state index in [4.69, 9.17) is 4.74 Å². The van der Waals surface area contributed by atoms with Gasteiger partial charge in [-0.2, -0.15) is 0 Å². The Morgan fingerprint density at radius 3 is 2.37 bits per heavy atom. The van der Waals surface area contributed by atoms with Crippen LogP contribution >= 0.6 is 0 Å². The molecule has 0 aromatic carbocycles. The minimum absolute atomic E-state index is 0.146. The highest BCUT2D eigenvalue weighted by atomic mass is 16.5. The van der Waals surface area contributed by atoms with Gasteiger partial charge in [0, 0.05) is 0 Å². The molecule has 0 saturated heterocycles. The summed E-state index contributed by atoms with van der Waals surface area (Å²) in [7, 11) is 0. The normalized spacial score (nSPS) is 14.2. The fourth-order valence-electron chi connectivity index (χ4n) is 1.86. The minimum atomic E-state index is -0.164. The summed E-state index contributed by atoms with van der Waals surface area (Å²) >= 11 is 0. The molecule has 0 amide bonds. The molecule has 2 nitrogen and oxygen atoms in total. The largest absolute Gasteiger partial charge is 0.466 e. The Kier molecular flexibility index (Phi) is 8.51. The standard InChI is InChI=1S/C17H30O2/c1-7-14(4)17(5,6)13-11-10-12-15(8-2)16(18)19-9-3/h11-12,14-15H,7-9,13H2,1-6H3. The van der Waals surface area contributed by atoms with Gasteiger partial charge in [-0.25, -0.2) is 0 Å². The monoisotopic (exact) mass is 266 g/mol. The van der Waals surface area contributed by atoms with E-state index in [-0.39, 0.29) is 17.3 Å². The van der Waals surface area contributed by atoms with E-state index in [2.05, 4.69) is 33.4 Å². The number of rotatable bonds is 8. The van der Waals surface area contributed by atoms with Gasteiger partial charge in [0.25, 0.3) is 0 Å². The van der Waals surface area contributed by atoms with Gasteiger partial charge in [-0.1, -0.05) is 41.0 Å². The van der Waals surface area contributed by atoms with Gasteiger partial charge < -0.3 is 4.74 Å². The Hall–Kier alpha value is -1.01. The van der Waals surface area contributed by atoms with Gasteiger partial charge >= 0.3 is 5.97 Å². The predicted molar refractivity (Wildman–Crippen MR) is 80.9 cm³/mol. The second kappa shape index (κ2) is 8.98. The highest BCUT2D eigenvalue weighted by molar-refractivity contribution is 5.74. The summed E-state index contributed by atoms with van der Waals surface area (Å²) in [5.41, 5.74) is 3.44. The molecule has 0 fully saturated rings. The lowest BCUT2D eigenvalue weighted by Gasteiger charge is -2.29. The molecule has 19 heavy (non-hydrogen) atoms. The van der Waals surface area contributed by atoms with E-state index < -0.39 is 0 Å². The molecule has 110 valence electrons. The molecule has 2 unspecified atom stereocenters. The third kappa shape index (κ3) is 6.63. The fourth-order valence-corrected chi connectivity index (χ4v) is 1.86. The van der Waals surface area contributed by atoms with Gasteiger partial charge in [0.15, 0.2) is 0 Å². The molecule has 0 aromatic heterocycles. The van der Waals surface area contributed by atoms with Gasteiger partial charge in [0.1, 0.15) is 0 Å². The van der Waals surface area contributed by atoms with E-state index in [0.29, 0.717) is 12.5 Å². The lowest BCUT2D eigenvalue weighted by atomic mass is 9.76. The summed E-state index contributed by atoms with van der Waals surface area (Å²) in [5, 5.41) is 0. The van der Waals surface area contributed by atoms with E-state index in [9.17, 15) is 4.79 Å². The van der Waals surface area contributed by atoms with Crippen LogP contribution < -0.4 is 0 Å². The Bertz CT molecular complexity index is 322. The average molecular weight is 266 g/mol. The lowest BCUT2D eigenvalue weighted by Crippen LogP contribution is -2.19. The maximum Gasteiger partial charge on any atom is 0.313 e. The molecule has 0 aromatic rings. The molecule has 0 aliphatic carbocycles. The maximum atomic E-state index is 11.6. The van der Waals surface area contributed by atoms with E-state index in [1.54, 1.807) is 0 Å². The van der Waals surface area contributed by atoms with Crippen molar-refractivity contribution < 1.29 is 9.53 Å². The number of carbonyl (C=O) groups is 1. The third-order valence-corrected chi connectivity index (χ3v) is 4.02. The van der Waals surface area contributed by atoms with Crippen LogP contribution in [0.1, 0.15) is 60.8 Å². The zero-order chi connectivity index (χ0) is 14.9. The zero-order valence-corrected chi connectivity index (χ0v) is 13.5. The van der Waals surface area contributed by atoms with Crippen molar-refractivity contribution in [3.8, 4) is 0 Å². The summed E-state index contributed by atoms with van der Waals surface area (Å²) in [4.78, 5) is 11.6. The summed E-state index contributed by atoms with van der Waals surface area (Å²) in [6, 6.07) is 0. The quantitative estimate of drug-likeness (QED) is 0.468. The minimum Gasteiger partial charge on any atom is -0.466 e. The first-order valence-corrected chi connectivity index (χ1v) is 7.46. The first kappa shape index (κ1) is 18.0. The number of hydrogen-bond donors (Lipinski definition) is 0. The molecule has 2 heteroatoms. The second-order valence-electron chi connectivity index (χ2n) is 5.81. The van der Waals surface area contributed by atoms with E-state index in [0.717, 1.165) is 12.8 Å². The molecule has 0 radical (unpaired) electrons. The first-order chi connectivity index (χ1) is 8.88. The highest BCUT2D eigenvalue weighted by Gasteiger charge is 2.22.